The van der Waals surface area contributed by atoms with Gasteiger partial charge in [0.2, 0.25) is 0 Å². The maximum Gasteiger partial charge on any atom is 0.198 e. The van der Waals surface area contributed by atoms with E-state index in [-0.39, 0.29) is 0 Å². The minimum atomic E-state index is 0.569. The third-order valence-corrected chi connectivity index (χ3v) is 3.73. The van der Waals surface area contributed by atoms with Crippen molar-refractivity contribution in [2.24, 2.45) is 0 Å². The lowest BCUT2D eigenvalue weighted by molar-refractivity contribution is 0.812. The number of pyridine rings is 1. The maximum atomic E-state index is 4.39. The first-order valence-corrected chi connectivity index (χ1v) is 7.26. The molecule has 0 saturated heterocycles. The lowest BCUT2D eigenvalue weighted by Crippen LogP contribution is -2.00. The van der Waals surface area contributed by atoms with Gasteiger partial charge in [-0.1, -0.05) is 12.1 Å². The molecule has 0 fully saturated rings. The number of fused-ring (bicyclic) bond motifs is 2. The molecule has 0 unspecified atom stereocenters. The van der Waals surface area contributed by atoms with Gasteiger partial charge in [-0.2, -0.15) is 0 Å². The van der Waals surface area contributed by atoms with E-state index in [9.17, 15) is 0 Å². The second kappa shape index (κ2) is 4.89. The van der Waals surface area contributed by atoms with Crippen LogP contribution >= 0.6 is 15.9 Å². The van der Waals surface area contributed by atoms with Crippen molar-refractivity contribution in [2.45, 2.75) is 6.54 Å². The van der Waals surface area contributed by atoms with Crippen LogP contribution in [-0.4, -0.2) is 24.5 Å². The molecule has 0 aliphatic heterocycles. The van der Waals surface area contributed by atoms with Crippen LogP contribution in [0.3, 0.4) is 0 Å². The number of hydrogen-bond acceptors (Lipinski definition) is 4. The molecule has 0 radical (unpaired) electrons. The fourth-order valence-corrected chi connectivity index (χ4v) is 2.64. The third kappa shape index (κ3) is 2.27. The highest BCUT2D eigenvalue weighted by molar-refractivity contribution is 9.10. The van der Waals surface area contributed by atoms with Gasteiger partial charge in [-0.05, 0) is 39.7 Å². The molecule has 1 aromatic carbocycles. The molecule has 0 bridgehead atoms. The molecule has 0 spiro atoms. The van der Waals surface area contributed by atoms with Gasteiger partial charge < -0.3 is 4.57 Å². The second-order valence-electron chi connectivity index (χ2n) is 4.75. The topological polar surface area (TPSA) is 56.5 Å². The smallest absolute Gasteiger partial charge is 0.198 e. The van der Waals surface area contributed by atoms with Crippen LogP contribution in [0.4, 0.5) is 0 Å². The van der Waals surface area contributed by atoms with Crippen LogP contribution in [0.2, 0.25) is 0 Å². The van der Waals surface area contributed by atoms with Crippen molar-refractivity contribution < 1.29 is 0 Å². The molecular formula is C15H10BrN5. The predicted octanol–water partition coefficient (Wildman–Crippen LogP) is 3.19. The normalized spacial score (nSPS) is 11.3. The molecule has 0 aliphatic rings. The highest BCUT2D eigenvalue weighted by Crippen LogP contribution is 2.17. The number of benzene rings is 1. The average molecular weight is 340 g/mol. The van der Waals surface area contributed by atoms with Gasteiger partial charge in [-0.25, -0.2) is 15.0 Å². The van der Waals surface area contributed by atoms with E-state index in [0.717, 1.165) is 22.1 Å². The largest absolute Gasteiger partial charge is 0.311 e. The number of hydrogen-bond donors (Lipinski definition) is 0. The van der Waals surface area contributed by atoms with Gasteiger partial charge in [-0.15, -0.1) is 0 Å². The number of imidazole rings is 1. The quantitative estimate of drug-likeness (QED) is 0.526. The molecule has 0 saturated carbocycles. The zero-order valence-corrected chi connectivity index (χ0v) is 12.5. The zero-order chi connectivity index (χ0) is 14.2. The van der Waals surface area contributed by atoms with Crippen LogP contribution in [0.1, 0.15) is 5.56 Å². The fraction of sp³-hybridized carbons (Fsp3) is 0.0667. The lowest BCUT2D eigenvalue weighted by atomic mass is 10.1. The SMILES string of the molecule is Brc1ncc2ncn(Cc3ccc4ncccc4c3)c2n1. The predicted molar refractivity (Wildman–Crippen MR) is 83.9 cm³/mol. The molecule has 0 N–H and O–H groups in total. The van der Waals surface area contributed by atoms with Crippen molar-refractivity contribution in [3.05, 3.63) is 59.3 Å². The van der Waals surface area contributed by atoms with E-state index in [1.807, 2.05) is 16.7 Å². The van der Waals surface area contributed by atoms with Crippen molar-refractivity contribution >= 4 is 38.0 Å². The van der Waals surface area contributed by atoms with Crippen LogP contribution in [0.15, 0.2) is 53.8 Å². The molecule has 3 aromatic heterocycles. The highest BCUT2D eigenvalue weighted by atomic mass is 79.9. The molecule has 5 nitrogen and oxygen atoms in total. The van der Waals surface area contributed by atoms with E-state index >= 15 is 0 Å². The first-order chi connectivity index (χ1) is 10.3. The summed E-state index contributed by atoms with van der Waals surface area (Å²) in [7, 11) is 0. The summed E-state index contributed by atoms with van der Waals surface area (Å²) >= 11 is 3.30. The third-order valence-electron chi connectivity index (χ3n) is 3.35. The van der Waals surface area contributed by atoms with Crippen LogP contribution in [-0.2, 0) is 6.54 Å². The van der Waals surface area contributed by atoms with E-state index in [4.69, 9.17) is 0 Å². The molecule has 102 valence electrons. The summed E-state index contributed by atoms with van der Waals surface area (Å²) in [5.74, 6) is 0. The Bertz CT molecular complexity index is 947. The van der Waals surface area contributed by atoms with E-state index in [0.29, 0.717) is 11.3 Å². The standard InChI is InChI=1S/C15H10BrN5/c16-15-18-7-13-14(20-15)21(9-19-13)8-10-3-4-12-11(6-10)2-1-5-17-12/h1-7,9H,8H2. The van der Waals surface area contributed by atoms with E-state index in [1.54, 1.807) is 18.7 Å². The number of nitrogens with zero attached hydrogens (tertiary/aromatic N) is 5. The van der Waals surface area contributed by atoms with Crippen LogP contribution in [0, 0.1) is 0 Å². The summed E-state index contributed by atoms with van der Waals surface area (Å²) in [6.45, 7) is 0.713. The van der Waals surface area contributed by atoms with Gasteiger partial charge in [0.05, 0.1) is 24.6 Å². The fourth-order valence-electron chi connectivity index (χ4n) is 2.37. The van der Waals surface area contributed by atoms with Crippen molar-refractivity contribution in [1.29, 1.82) is 0 Å². The van der Waals surface area contributed by atoms with Crippen LogP contribution in [0.25, 0.3) is 22.1 Å². The summed E-state index contributed by atoms with van der Waals surface area (Å²) in [4.78, 5) is 17.1. The minimum Gasteiger partial charge on any atom is -0.311 e. The van der Waals surface area contributed by atoms with Crippen molar-refractivity contribution in [3.8, 4) is 0 Å². The molecule has 0 amide bonds. The highest BCUT2D eigenvalue weighted by Gasteiger charge is 2.06. The molecule has 4 aromatic rings. The minimum absolute atomic E-state index is 0.569. The maximum absolute atomic E-state index is 4.39. The van der Waals surface area contributed by atoms with Crippen molar-refractivity contribution in [2.75, 3.05) is 0 Å². The first-order valence-electron chi connectivity index (χ1n) is 6.47. The first kappa shape index (κ1) is 12.4. The second-order valence-corrected chi connectivity index (χ2v) is 5.46. The van der Waals surface area contributed by atoms with Gasteiger partial charge in [0.25, 0.3) is 0 Å². The monoisotopic (exact) mass is 339 g/mol. The Morgan fingerprint density at radius 2 is 2.00 bits per heavy atom. The van der Waals surface area contributed by atoms with Gasteiger partial charge in [-0.3, -0.25) is 4.98 Å². The average Bonchev–Trinajstić information content (AvgIpc) is 2.89. The van der Waals surface area contributed by atoms with Gasteiger partial charge >= 0.3 is 0 Å². The summed E-state index contributed by atoms with van der Waals surface area (Å²) in [6.07, 6.45) is 5.31. The van der Waals surface area contributed by atoms with E-state index < -0.39 is 0 Å². The Morgan fingerprint density at radius 3 is 2.95 bits per heavy atom. The molecule has 3 heterocycles. The van der Waals surface area contributed by atoms with Crippen molar-refractivity contribution in [3.63, 3.8) is 0 Å². The Hall–Kier alpha value is -2.34. The molecule has 0 aliphatic carbocycles. The summed E-state index contributed by atoms with van der Waals surface area (Å²) in [5.41, 5.74) is 3.80. The Labute approximate surface area is 128 Å². The lowest BCUT2D eigenvalue weighted by Gasteiger charge is -2.05. The Balaban J connectivity index is 1.77. The molecule has 21 heavy (non-hydrogen) atoms. The zero-order valence-electron chi connectivity index (χ0n) is 10.9. The summed E-state index contributed by atoms with van der Waals surface area (Å²) in [5, 5.41) is 1.13. The Morgan fingerprint density at radius 1 is 1.05 bits per heavy atom. The van der Waals surface area contributed by atoms with Crippen molar-refractivity contribution in [1.82, 2.24) is 24.5 Å². The van der Waals surface area contributed by atoms with Crippen LogP contribution < -0.4 is 0 Å². The molecule has 6 heteroatoms. The molecular weight excluding hydrogens is 330 g/mol. The molecule has 0 atom stereocenters. The number of halogens is 1. The summed E-state index contributed by atoms with van der Waals surface area (Å²) in [6, 6.07) is 10.3. The van der Waals surface area contributed by atoms with E-state index in [2.05, 4.69) is 54.1 Å². The number of aromatic nitrogens is 5. The van der Waals surface area contributed by atoms with Crippen LogP contribution in [0.5, 0.6) is 0 Å². The van der Waals surface area contributed by atoms with Gasteiger partial charge in [0.15, 0.2) is 10.4 Å². The molecule has 4 rings (SSSR count). The van der Waals surface area contributed by atoms with E-state index in [1.165, 1.54) is 5.56 Å². The number of rotatable bonds is 2. The van der Waals surface area contributed by atoms with Gasteiger partial charge in [0.1, 0.15) is 5.52 Å². The summed E-state index contributed by atoms with van der Waals surface area (Å²) < 4.78 is 2.58. The van der Waals surface area contributed by atoms with Gasteiger partial charge in [0, 0.05) is 11.6 Å². The Kier molecular flexibility index (Phi) is 2.89.